The van der Waals surface area contributed by atoms with Crippen LogP contribution in [0.15, 0.2) is 77.4 Å². The molecule has 0 fully saturated rings. The van der Waals surface area contributed by atoms with Crippen LogP contribution in [-0.4, -0.2) is 16.8 Å². The maximum Gasteiger partial charge on any atom is 0.294 e. The topological polar surface area (TPSA) is 57.6 Å². The lowest BCUT2D eigenvalue weighted by Crippen LogP contribution is -2.31. The van der Waals surface area contributed by atoms with Crippen molar-refractivity contribution >= 4 is 28.7 Å². The Labute approximate surface area is 192 Å². The van der Waals surface area contributed by atoms with Gasteiger partial charge in [0.2, 0.25) is 5.78 Å². The molecule has 4 rings (SSSR count). The van der Waals surface area contributed by atoms with Gasteiger partial charge in [-0.05, 0) is 52.1 Å². The van der Waals surface area contributed by atoms with Crippen LogP contribution in [0.1, 0.15) is 71.9 Å². The minimum Gasteiger partial charge on any atom is -0.503 e. The van der Waals surface area contributed by atoms with Gasteiger partial charge in [-0.1, -0.05) is 70.2 Å². The predicted octanol–water partition coefficient (Wildman–Crippen LogP) is 6.78. The molecule has 164 valence electrons. The molecule has 0 aliphatic carbocycles. The van der Waals surface area contributed by atoms with Crippen LogP contribution in [0.2, 0.25) is 0 Å². The molecule has 0 bridgehead atoms. The molecule has 1 aliphatic rings. The highest BCUT2D eigenvalue weighted by Gasteiger charge is 2.44. The zero-order valence-corrected chi connectivity index (χ0v) is 19.5. The lowest BCUT2D eigenvalue weighted by atomic mass is 9.93. The Morgan fingerprint density at radius 2 is 1.47 bits per heavy atom. The fourth-order valence-electron chi connectivity index (χ4n) is 4.04. The van der Waals surface area contributed by atoms with E-state index in [0.29, 0.717) is 22.4 Å². The maximum absolute atomic E-state index is 13.4. The van der Waals surface area contributed by atoms with E-state index in [1.807, 2.05) is 53.9 Å². The van der Waals surface area contributed by atoms with Gasteiger partial charge in [0, 0.05) is 5.69 Å². The van der Waals surface area contributed by atoms with Crippen molar-refractivity contribution in [2.24, 2.45) is 0 Å². The molecule has 2 aromatic carbocycles. The largest absolute Gasteiger partial charge is 0.503 e. The summed E-state index contributed by atoms with van der Waals surface area (Å²) >= 11 is 1.30. The molecule has 1 N–H and O–H groups in total. The quantitative estimate of drug-likeness (QED) is 0.426. The number of anilines is 1. The smallest absolute Gasteiger partial charge is 0.294 e. The van der Waals surface area contributed by atoms with E-state index in [4.69, 9.17) is 0 Å². The molecule has 1 unspecified atom stereocenters. The summed E-state index contributed by atoms with van der Waals surface area (Å²) < 4.78 is 0. The summed E-state index contributed by atoms with van der Waals surface area (Å²) in [4.78, 5) is 28.6. The molecule has 0 saturated carbocycles. The van der Waals surface area contributed by atoms with E-state index in [1.54, 1.807) is 12.1 Å². The van der Waals surface area contributed by atoms with Gasteiger partial charge in [-0.2, -0.15) is 0 Å². The lowest BCUT2D eigenvalue weighted by Gasteiger charge is -2.27. The van der Waals surface area contributed by atoms with Crippen molar-refractivity contribution in [2.75, 3.05) is 4.90 Å². The zero-order valence-electron chi connectivity index (χ0n) is 18.7. The van der Waals surface area contributed by atoms with E-state index in [0.717, 1.165) is 11.1 Å². The number of nitrogens with zero attached hydrogens (tertiary/aromatic N) is 1. The van der Waals surface area contributed by atoms with Crippen molar-refractivity contribution in [3.8, 4) is 0 Å². The van der Waals surface area contributed by atoms with Crippen molar-refractivity contribution in [1.82, 2.24) is 0 Å². The van der Waals surface area contributed by atoms with E-state index in [1.165, 1.54) is 21.8 Å². The molecule has 3 aromatic rings. The minimum atomic E-state index is -0.691. The molecule has 4 nitrogen and oxygen atoms in total. The highest BCUT2D eigenvalue weighted by Crippen LogP contribution is 2.42. The molecule has 5 heteroatoms. The van der Waals surface area contributed by atoms with Crippen molar-refractivity contribution in [3.63, 3.8) is 0 Å². The van der Waals surface area contributed by atoms with Gasteiger partial charge in [0.1, 0.15) is 0 Å². The van der Waals surface area contributed by atoms with E-state index >= 15 is 0 Å². The molecule has 2 heterocycles. The third-order valence-corrected chi connectivity index (χ3v) is 6.82. The number of hydrogen-bond donors (Lipinski definition) is 1. The van der Waals surface area contributed by atoms with Crippen molar-refractivity contribution in [1.29, 1.82) is 0 Å². The van der Waals surface area contributed by atoms with Gasteiger partial charge >= 0.3 is 0 Å². The van der Waals surface area contributed by atoms with Gasteiger partial charge in [0.25, 0.3) is 5.91 Å². The summed E-state index contributed by atoms with van der Waals surface area (Å²) in [7, 11) is 0. The first-order valence-corrected chi connectivity index (χ1v) is 11.7. The van der Waals surface area contributed by atoms with Crippen molar-refractivity contribution in [3.05, 3.63) is 98.9 Å². The number of hydrogen-bond acceptors (Lipinski definition) is 4. The number of rotatable bonds is 6. The fourth-order valence-corrected chi connectivity index (χ4v) is 4.72. The van der Waals surface area contributed by atoms with Crippen molar-refractivity contribution in [2.45, 2.75) is 45.6 Å². The van der Waals surface area contributed by atoms with E-state index in [2.05, 4.69) is 27.7 Å². The third-order valence-electron chi connectivity index (χ3n) is 5.95. The number of carbonyl (C=O) groups excluding carboxylic acids is 2. The molecule has 32 heavy (non-hydrogen) atoms. The summed E-state index contributed by atoms with van der Waals surface area (Å²) in [6.45, 7) is 8.46. The summed E-state index contributed by atoms with van der Waals surface area (Å²) in [5, 5.41) is 12.7. The van der Waals surface area contributed by atoms with E-state index in [-0.39, 0.29) is 11.4 Å². The monoisotopic (exact) mass is 445 g/mol. The number of benzene rings is 2. The van der Waals surface area contributed by atoms with Crippen LogP contribution < -0.4 is 4.90 Å². The Balaban J connectivity index is 1.83. The number of carbonyl (C=O) groups is 2. The Bertz CT molecular complexity index is 1160. The normalized spacial score (nSPS) is 16.5. The van der Waals surface area contributed by atoms with Gasteiger partial charge < -0.3 is 5.11 Å². The van der Waals surface area contributed by atoms with Crippen LogP contribution in [0.4, 0.5) is 5.69 Å². The molecule has 1 aliphatic heterocycles. The minimum absolute atomic E-state index is 0.127. The summed E-state index contributed by atoms with van der Waals surface area (Å²) in [5.41, 5.74) is 3.90. The number of Topliss-reactive ketones (excluding diaryl/α,β-unsaturated/α-hetero) is 1. The van der Waals surface area contributed by atoms with E-state index in [9.17, 15) is 14.7 Å². The third kappa shape index (κ3) is 3.89. The van der Waals surface area contributed by atoms with Crippen LogP contribution in [0.5, 0.6) is 0 Å². The molecule has 1 atom stereocenters. The molecule has 1 amide bonds. The number of thiophene rings is 1. The van der Waals surface area contributed by atoms with Crippen LogP contribution in [0, 0.1) is 0 Å². The second kappa shape index (κ2) is 8.75. The molecule has 0 radical (unpaired) electrons. The lowest BCUT2D eigenvalue weighted by molar-refractivity contribution is -0.117. The highest BCUT2D eigenvalue weighted by atomic mass is 32.1. The molecule has 1 aromatic heterocycles. The van der Waals surface area contributed by atoms with Gasteiger partial charge in [-0.15, -0.1) is 11.3 Å². The highest BCUT2D eigenvalue weighted by molar-refractivity contribution is 7.12. The number of aliphatic hydroxyl groups is 1. The number of ketones is 1. The number of amides is 1. The first-order chi connectivity index (χ1) is 15.3. The average Bonchev–Trinajstić information content (AvgIpc) is 3.41. The first kappa shape index (κ1) is 22.0. The van der Waals surface area contributed by atoms with Gasteiger partial charge in [-0.25, -0.2) is 0 Å². The molecule has 0 spiro atoms. The van der Waals surface area contributed by atoms with Crippen LogP contribution in [0.25, 0.3) is 0 Å². The van der Waals surface area contributed by atoms with Gasteiger partial charge in [-0.3, -0.25) is 14.5 Å². The van der Waals surface area contributed by atoms with Crippen molar-refractivity contribution < 1.29 is 14.7 Å². The maximum atomic E-state index is 13.4. The van der Waals surface area contributed by atoms with Crippen LogP contribution in [-0.2, 0) is 4.79 Å². The Morgan fingerprint density at radius 3 is 1.97 bits per heavy atom. The first-order valence-electron chi connectivity index (χ1n) is 10.8. The van der Waals surface area contributed by atoms with Crippen LogP contribution >= 0.6 is 11.3 Å². The Kier molecular flexibility index (Phi) is 6.02. The molecular formula is C27H27NO3S. The average molecular weight is 446 g/mol. The second-order valence-corrected chi connectivity index (χ2v) is 9.66. The van der Waals surface area contributed by atoms with Gasteiger partial charge in [0.05, 0.1) is 16.5 Å². The Hall–Kier alpha value is -3.18. The zero-order chi connectivity index (χ0) is 23.0. The number of aliphatic hydroxyl groups excluding tert-OH is 1. The standard InChI is InChI=1S/C27H27NO3S/c1-16(2)18-7-9-20(10-8-18)24-23(25(29)22-6-5-15-32-22)26(30)27(31)28(24)21-13-11-19(12-14-21)17(3)4/h5-17,24,30H,1-4H3. The molecule has 0 saturated heterocycles. The molecular weight excluding hydrogens is 418 g/mol. The van der Waals surface area contributed by atoms with E-state index < -0.39 is 17.7 Å². The predicted molar refractivity (Wildman–Crippen MR) is 130 cm³/mol. The van der Waals surface area contributed by atoms with Gasteiger partial charge in [0.15, 0.2) is 5.76 Å². The summed E-state index contributed by atoms with van der Waals surface area (Å²) in [5.74, 6) is -0.621. The van der Waals surface area contributed by atoms with Crippen LogP contribution in [0.3, 0.4) is 0 Å². The fraction of sp³-hybridized carbons (Fsp3) is 0.259. The summed E-state index contributed by atoms with van der Waals surface area (Å²) in [6, 6.07) is 18.5. The SMILES string of the molecule is CC(C)c1ccc(C2C(C(=O)c3cccs3)=C(O)C(=O)N2c2ccc(C(C)C)cc2)cc1. The second-order valence-electron chi connectivity index (χ2n) is 8.71. The Morgan fingerprint density at radius 1 is 0.906 bits per heavy atom. The summed E-state index contributed by atoms with van der Waals surface area (Å²) in [6.07, 6.45) is 0.